The Kier molecular flexibility index (Phi) is 5.05. The Balaban J connectivity index is 2.01. The molecule has 0 aliphatic rings. The van der Waals surface area contributed by atoms with E-state index in [0.29, 0.717) is 5.71 Å². The number of hydrogen-bond acceptors (Lipinski definition) is 5. The largest absolute Gasteiger partial charge is 0.496 e. The summed E-state index contributed by atoms with van der Waals surface area (Å²) in [4.78, 5) is 16.1. The van der Waals surface area contributed by atoms with Gasteiger partial charge in [-0.15, -0.1) is 11.3 Å². The maximum Gasteiger partial charge on any atom is 0.246 e. The van der Waals surface area contributed by atoms with Gasteiger partial charge in [0, 0.05) is 16.6 Å². The minimum Gasteiger partial charge on any atom is -0.496 e. The normalized spacial score (nSPS) is 11.3. The first-order valence-electron chi connectivity index (χ1n) is 6.47. The highest BCUT2D eigenvalue weighted by molar-refractivity contribution is 7.09. The zero-order valence-electron chi connectivity index (χ0n) is 12.2. The summed E-state index contributed by atoms with van der Waals surface area (Å²) in [6, 6.07) is 7.54. The third-order valence-electron chi connectivity index (χ3n) is 2.82. The molecule has 6 heteroatoms. The second-order valence-electron chi connectivity index (χ2n) is 4.49. The molecule has 1 N–H and O–H groups in total. The lowest BCUT2D eigenvalue weighted by Crippen LogP contribution is -2.21. The molecule has 1 aromatic carbocycles. The van der Waals surface area contributed by atoms with Crippen molar-refractivity contribution in [1.82, 2.24) is 10.4 Å². The van der Waals surface area contributed by atoms with Gasteiger partial charge in [0.05, 0.1) is 19.2 Å². The van der Waals surface area contributed by atoms with E-state index in [0.717, 1.165) is 22.0 Å². The van der Waals surface area contributed by atoms with E-state index >= 15 is 0 Å². The van der Waals surface area contributed by atoms with Crippen molar-refractivity contribution in [2.75, 3.05) is 7.11 Å². The van der Waals surface area contributed by atoms with Gasteiger partial charge in [0.1, 0.15) is 10.8 Å². The molecule has 21 heavy (non-hydrogen) atoms. The van der Waals surface area contributed by atoms with Crippen LogP contribution in [-0.2, 0) is 11.2 Å². The Bertz CT molecular complexity index is 664. The Morgan fingerprint density at radius 3 is 2.86 bits per heavy atom. The number of hydrogen-bond donors (Lipinski definition) is 1. The van der Waals surface area contributed by atoms with Crippen LogP contribution in [0.2, 0.25) is 0 Å². The Morgan fingerprint density at radius 1 is 1.43 bits per heavy atom. The highest BCUT2D eigenvalue weighted by Gasteiger charge is 2.08. The number of carbonyl (C=O) groups is 1. The first-order chi connectivity index (χ1) is 10.1. The van der Waals surface area contributed by atoms with E-state index in [9.17, 15) is 4.79 Å². The summed E-state index contributed by atoms with van der Waals surface area (Å²) in [5, 5.41) is 6.83. The number of aromatic nitrogens is 1. The van der Waals surface area contributed by atoms with Gasteiger partial charge < -0.3 is 4.74 Å². The van der Waals surface area contributed by atoms with Gasteiger partial charge in [-0.2, -0.15) is 5.10 Å². The number of aryl methyl sites for hydroxylation is 1. The molecule has 0 aliphatic carbocycles. The quantitative estimate of drug-likeness (QED) is 0.682. The summed E-state index contributed by atoms with van der Waals surface area (Å²) in [5.74, 6) is 0.544. The molecule has 1 aromatic heterocycles. The van der Waals surface area contributed by atoms with E-state index < -0.39 is 0 Å². The van der Waals surface area contributed by atoms with Crippen LogP contribution in [0.5, 0.6) is 5.75 Å². The number of nitrogens with one attached hydrogen (secondary N) is 1. The second-order valence-corrected chi connectivity index (χ2v) is 5.43. The van der Waals surface area contributed by atoms with Crippen LogP contribution in [0.3, 0.4) is 0 Å². The average Bonchev–Trinajstić information content (AvgIpc) is 2.89. The minimum atomic E-state index is -0.182. The number of benzene rings is 1. The van der Waals surface area contributed by atoms with Crippen LogP contribution in [0.4, 0.5) is 0 Å². The van der Waals surface area contributed by atoms with Crippen LogP contribution >= 0.6 is 11.3 Å². The second kappa shape index (κ2) is 6.99. The maximum atomic E-state index is 11.8. The molecule has 0 radical (unpaired) electrons. The SMILES string of the molecule is COc1ccccc1/C(C)=N\NC(=O)Cc1nc(C)cs1. The van der Waals surface area contributed by atoms with Crippen molar-refractivity contribution in [1.29, 1.82) is 0 Å². The molecular formula is C15H17N3O2S. The third kappa shape index (κ3) is 4.13. The molecule has 1 amide bonds. The lowest BCUT2D eigenvalue weighted by atomic mass is 10.1. The summed E-state index contributed by atoms with van der Waals surface area (Å²) < 4.78 is 5.27. The number of ether oxygens (including phenoxy) is 1. The van der Waals surface area contributed by atoms with Gasteiger partial charge in [0.2, 0.25) is 5.91 Å². The topological polar surface area (TPSA) is 63.6 Å². The van der Waals surface area contributed by atoms with Crippen LogP contribution in [-0.4, -0.2) is 23.7 Å². The van der Waals surface area contributed by atoms with E-state index in [-0.39, 0.29) is 12.3 Å². The summed E-state index contributed by atoms with van der Waals surface area (Å²) in [7, 11) is 1.61. The van der Waals surface area contributed by atoms with E-state index in [1.807, 2.05) is 43.5 Å². The molecule has 110 valence electrons. The molecule has 0 saturated heterocycles. The smallest absolute Gasteiger partial charge is 0.246 e. The zero-order valence-corrected chi connectivity index (χ0v) is 13.0. The lowest BCUT2D eigenvalue weighted by Gasteiger charge is -2.07. The fraction of sp³-hybridized carbons (Fsp3) is 0.267. The molecule has 0 aliphatic heterocycles. The van der Waals surface area contributed by atoms with Crippen molar-refractivity contribution >= 4 is 23.0 Å². The first-order valence-corrected chi connectivity index (χ1v) is 7.35. The Morgan fingerprint density at radius 2 is 2.19 bits per heavy atom. The molecule has 1 heterocycles. The molecule has 0 spiro atoms. The molecule has 2 aromatic rings. The number of hydrazone groups is 1. The third-order valence-corrected chi connectivity index (χ3v) is 3.79. The molecule has 0 saturated carbocycles. The molecular weight excluding hydrogens is 286 g/mol. The van der Waals surface area contributed by atoms with E-state index in [4.69, 9.17) is 4.74 Å². The summed E-state index contributed by atoms with van der Waals surface area (Å²) in [6.07, 6.45) is 0.237. The van der Waals surface area contributed by atoms with Gasteiger partial charge in [-0.1, -0.05) is 12.1 Å². The molecule has 0 atom stereocenters. The average molecular weight is 303 g/mol. The zero-order chi connectivity index (χ0) is 15.2. The monoisotopic (exact) mass is 303 g/mol. The molecule has 0 fully saturated rings. The van der Waals surface area contributed by atoms with Gasteiger partial charge in [-0.3, -0.25) is 4.79 Å². The summed E-state index contributed by atoms with van der Waals surface area (Å²) in [5.41, 5.74) is 5.02. The maximum absolute atomic E-state index is 11.8. The van der Waals surface area contributed by atoms with Crippen LogP contribution in [0.25, 0.3) is 0 Å². The van der Waals surface area contributed by atoms with E-state index in [1.54, 1.807) is 7.11 Å². The van der Waals surface area contributed by atoms with Gasteiger partial charge in [-0.25, -0.2) is 10.4 Å². The fourth-order valence-corrected chi connectivity index (χ4v) is 2.58. The number of thiazole rings is 1. The Hall–Kier alpha value is -2.21. The molecule has 2 rings (SSSR count). The van der Waals surface area contributed by atoms with Crippen molar-refractivity contribution < 1.29 is 9.53 Å². The highest BCUT2D eigenvalue weighted by atomic mass is 32.1. The van der Waals surface area contributed by atoms with E-state index in [1.165, 1.54) is 11.3 Å². The predicted molar refractivity (Wildman–Crippen MR) is 83.9 cm³/mol. The number of carbonyl (C=O) groups excluding carboxylic acids is 1. The minimum absolute atomic E-state index is 0.182. The molecule has 0 bridgehead atoms. The van der Waals surface area contributed by atoms with E-state index in [2.05, 4.69) is 15.5 Å². The lowest BCUT2D eigenvalue weighted by molar-refractivity contribution is -0.120. The van der Waals surface area contributed by atoms with Crippen molar-refractivity contribution in [3.8, 4) is 5.75 Å². The van der Waals surface area contributed by atoms with Crippen LogP contribution in [0.1, 0.15) is 23.2 Å². The molecule has 5 nitrogen and oxygen atoms in total. The van der Waals surface area contributed by atoms with Crippen LogP contribution in [0, 0.1) is 6.92 Å². The standard InChI is InChI=1S/C15H17N3O2S/c1-10-9-21-15(16-10)8-14(19)18-17-11(2)12-6-4-5-7-13(12)20-3/h4-7,9H,8H2,1-3H3,(H,18,19)/b17-11-. The van der Waals surface area contributed by atoms with Gasteiger partial charge >= 0.3 is 0 Å². The fourth-order valence-electron chi connectivity index (χ4n) is 1.81. The number of rotatable bonds is 5. The Labute approximate surface area is 127 Å². The number of para-hydroxylation sites is 1. The predicted octanol–water partition coefficient (Wildman–Crippen LogP) is 2.54. The molecule has 0 unspecified atom stereocenters. The van der Waals surface area contributed by atoms with Crippen molar-refractivity contribution in [3.05, 3.63) is 45.9 Å². The number of methoxy groups -OCH3 is 1. The van der Waals surface area contributed by atoms with Crippen LogP contribution in [0.15, 0.2) is 34.7 Å². The van der Waals surface area contributed by atoms with Gasteiger partial charge in [-0.05, 0) is 26.0 Å². The first kappa shape index (κ1) is 15.2. The summed E-state index contributed by atoms with van der Waals surface area (Å²) in [6.45, 7) is 3.73. The number of amides is 1. The van der Waals surface area contributed by atoms with Crippen molar-refractivity contribution in [2.45, 2.75) is 20.3 Å². The van der Waals surface area contributed by atoms with Gasteiger partial charge in [0.25, 0.3) is 0 Å². The number of nitrogens with zero attached hydrogens (tertiary/aromatic N) is 2. The van der Waals surface area contributed by atoms with Crippen molar-refractivity contribution in [2.24, 2.45) is 5.10 Å². The van der Waals surface area contributed by atoms with Crippen molar-refractivity contribution in [3.63, 3.8) is 0 Å². The van der Waals surface area contributed by atoms with Gasteiger partial charge in [0.15, 0.2) is 0 Å². The highest BCUT2D eigenvalue weighted by Crippen LogP contribution is 2.17. The van der Waals surface area contributed by atoms with Crippen LogP contribution < -0.4 is 10.2 Å². The summed E-state index contributed by atoms with van der Waals surface area (Å²) >= 11 is 1.47.